The molecule has 7 heteroatoms. The summed E-state index contributed by atoms with van der Waals surface area (Å²) in [5.74, 6) is -0.424. The molecule has 0 spiro atoms. The van der Waals surface area contributed by atoms with Crippen LogP contribution in [0.25, 0.3) is 11.1 Å². The normalized spacial score (nSPS) is 20.6. The lowest BCUT2D eigenvalue weighted by molar-refractivity contribution is -0.123. The molecule has 1 saturated heterocycles. The zero-order chi connectivity index (χ0) is 25.2. The third kappa shape index (κ3) is 4.46. The Bertz CT molecular complexity index is 1260. The van der Waals surface area contributed by atoms with Crippen LogP contribution >= 0.6 is 0 Å². The molecule has 1 N–H and O–H groups in total. The first-order valence-electron chi connectivity index (χ1n) is 12.2. The van der Waals surface area contributed by atoms with Gasteiger partial charge in [0.05, 0.1) is 12.6 Å². The smallest absolute Gasteiger partial charge is 0.254 e. The molecule has 2 heterocycles. The van der Waals surface area contributed by atoms with Crippen LogP contribution < -0.4 is 10.1 Å². The van der Waals surface area contributed by atoms with E-state index in [4.69, 9.17) is 9.47 Å². The maximum atomic E-state index is 13.5. The molecule has 6 nitrogen and oxygen atoms in total. The highest BCUT2D eigenvalue weighted by molar-refractivity contribution is 5.95. The van der Waals surface area contributed by atoms with Gasteiger partial charge >= 0.3 is 0 Å². The number of hydrogen-bond acceptors (Lipinski definition) is 4. The van der Waals surface area contributed by atoms with Crippen molar-refractivity contribution in [2.45, 2.75) is 30.9 Å². The fourth-order valence-corrected chi connectivity index (χ4v) is 5.23. The summed E-state index contributed by atoms with van der Waals surface area (Å²) in [6, 6.07) is 19.5. The molecule has 36 heavy (non-hydrogen) atoms. The van der Waals surface area contributed by atoms with Crippen LogP contribution in [0.5, 0.6) is 5.75 Å². The number of carbonyl (C=O) groups is 2. The fraction of sp³-hybridized carbons (Fsp3) is 0.310. The van der Waals surface area contributed by atoms with Gasteiger partial charge in [-0.05, 0) is 65.9 Å². The average molecular weight is 489 g/mol. The van der Waals surface area contributed by atoms with Crippen molar-refractivity contribution in [2.75, 3.05) is 27.3 Å². The molecular formula is C29H29FN2O4. The minimum Gasteiger partial charge on any atom is -0.484 e. The number of rotatable bonds is 6. The number of nitrogens with one attached hydrogen (secondary N) is 1. The molecular weight excluding hydrogens is 459 g/mol. The zero-order valence-corrected chi connectivity index (χ0v) is 20.4. The first kappa shape index (κ1) is 24.0. The minimum absolute atomic E-state index is 0.0188. The highest BCUT2D eigenvalue weighted by atomic mass is 19.1. The molecule has 3 aromatic rings. The molecule has 0 bridgehead atoms. The lowest BCUT2D eigenvalue weighted by atomic mass is 9.88. The molecule has 0 aliphatic carbocycles. The van der Waals surface area contributed by atoms with Crippen molar-refractivity contribution in [3.8, 4) is 16.9 Å². The predicted octanol–water partition coefficient (Wildman–Crippen LogP) is 4.71. The molecule has 5 rings (SSSR count). The summed E-state index contributed by atoms with van der Waals surface area (Å²) in [5, 5.41) is 2.73. The Morgan fingerprint density at radius 1 is 1.06 bits per heavy atom. The Labute approximate surface area is 210 Å². The van der Waals surface area contributed by atoms with Crippen molar-refractivity contribution < 1.29 is 23.5 Å². The van der Waals surface area contributed by atoms with Gasteiger partial charge in [-0.15, -0.1) is 0 Å². The number of benzene rings is 3. The molecule has 3 atom stereocenters. The first-order chi connectivity index (χ1) is 17.5. The van der Waals surface area contributed by atoms with Crippen molar-refractivity contribution in [3.63, 3.8) is 0 Å². The van der Waals surface area contributed by atoms with Crippen LogP contribution in [-0.4, -0.2) is 50.1 Å². The van der Waals surface area contributed by atoms with Crippen LogP contribution in [0.1, 0.15) is 46.3 Å². The Hall–Kier alpha value is -3.71. The van der Waals surface area contributed by atoms with Gasteiger partial charge in [-0.25, -0.2) is 4.39 Å². The fourth-order valence-electron chi connectivity index (χ4n) is 5.23. The number of amides is 2. The molecule has 3 aromatic carbocycles. The standard InChI is InChI=1S/C29H29FN2O4/c1-31-28(33)26-24-16-21(11-14-25(24)36-27(26)19-9-12-22(30)13-10-19)18-5-7-20(8-6-18)29(34)32-15-3-4-23(32)17-35-2/h5-14,16,23,26-27H,3-4,15,17H2,1-2H3,(H,31,33)/t23-,26?,27?/m1/s1. The van der Waals surface area contributed by atoms with E-state index in [1.54, 1.807) is 26.3 Å². The monoisotopic (exact) mass is 488 g/mol. The van der Waals surface area contributed by atoms with Gasteiger partial charge in [-0.3, -0.25) is 9.59 Å². The number of fused-ring (bicyclic) bond motifs is 1. The van der Waals surface area contributed by atoms with Gasteiger partial charge in [0.25, 0.3) is 5.91 Å². The van der Waals surface area contributed by atoms with Gasteiger partial charge in [0.15, 0.2) is 0 Å². The van der Waals surface area contributed by atoms with E-state index >= 15 is 0 Å². The van der Waals surface area contributed by atoms with Gasteiger partial charge in [-0.1, -0.05) is 30.3 Å². The summed E-state index contributed by atoms with van der Waals surface area (Å²) in [6.45, 7) is 1.29. The van der Waals surface area contributed by atoms with E-state index in [9.17, 15) is 14.0 Å². The van der Waals surface area contributed by atoms with Crippen LogP contribution in [0.2, 0.25) is 0 Å². The Kier molecular flexibility index (Phi) is 6.74. The summed E-state index contributed by atoms with van der Waals surface area (Å²) < 4.78 is 24.9. The van der Waals surface area contributed by atoms with Crippen molar-refractivity contribution >= 4 is 11.8 Å². The Morgan fingerprint density at radius 2 is 1.78 bits per heavy atom. The molecule has 2 aliphatic rings. The quantitative estimate of drug-likeness (QED) is 0.546. The van der Waals surface area contributed by atoms with E-state index in [1.807, 2.05) is 47.4 Å². The summed E-state index contributed by atoms with van der Waals surface area (Å²) in [4.78, 5) is 27.8. The van der Waals surface area contributed by atoms with Gasteiger partial charge in [0.1, 0.15) is 23.6 Å². The van der Waals surface area contributed by atoms with Crippen LogP contribution in [0.3, 0.4) is 0 Å². The lowest BCUT2D eigenvalue weighted by Crippen LogP contribution is -2.38. The van der Waals surface area contributed by atoms with Gasteiger partial charge in [-0.2, -0.15) is 0 Å². The third-order valence-electron chi connectivity index (χ3n) is 7.09. The van der Waals surface area contributed by atoms with Crippen LogP contribution in [0.15, 0.2) is 66.7 Å². The maximum Gasteiger partial charge on any atom is 0.254 e. The van der Waals surface area contributed by atoms with Gasteiger partial charge in [0, 0.05) is 31.8 Å². The Morgan fingerprint density at radius 3 is 2.47 bits per heavy atom. The number of halogens is 1. The number of hydrogen-bond donors (Lipinski definition) is 1. The van der Waals surface area contributed by atoms with Crippen molar-refractivity contribution in [1.29, 1.82) is 0 Å². The van der Waals surface area contributed by atoms with Gasteiger partial charge in [0.2, 0.25) is 5.91 Å². The maximum absolute atomic E-state index is 13.5. The second-order valence-electron chi connectivity index (χ2n) is 9.26. The van der Waals surface area contributed by atoms with Crippen molar-refractivity contribution in [3.05, 3.63) is 89.2 Å². The van der Waals surface area contributed by atoms with E-state index in [-0.39, 0.29) is 23.7 Å². The minimum atomic E-state index is -0.566. The summed E-state index contributed by atoms with van der Waals surface area (Å²) >= 11 is 0. The van der Waals surface area contributed by atoms with Crippen molar-refractivity contribution in [2.24, 2.45) is 0 Å². The summed E-state index contributed by atoms with van der Waals surface area (Å²) in [5.41, 5.74) is 4.01. The first-order valence-corrected chi connectivity index (χ1v) is 12.2. The molecule has 2 aliphatic heterocycles. The number of carbonyl (C=O) groups excluding carboxylic acids is 2. The van der Waals surface area contributed by atoms with Crippen LogP contribution in [0, 0.1) is 5.82 Å². The number of nitrogens with zero attached hydrogens (tertiary/aromatic N) is 1. The topological polar surface area (TPSA) is 67.9 Å². The third-order valence-corrected chi connectivity index (χ3v) is 7.09. The largest absolute Gasteiger partial charge is 0.484 e. The number of methoxy groups -OCH3 is 1. The van der Waals surface area contributed by atoms with Crippen LogP contribution in [0.4, 0.5) is 4.39 Å². The second-order valence-corrected chi connectivity index (χ2v) is 9.26. The zero-order valence-electron chi connectivity index (χ0n) is 20.4. The predicted molar refractivity (Wildman–Crippen MR) is 134 cm³/mol. The molecule has 0 saturated carbocycles. The van der Waals surface area contributed by atoms with Crippen LogP contribution in [-0.2, 0) is 9.53 Å². The molecule has 1 fully saturated rings. The van der Waals surface area contributed by atoms with Crippen molar-refractivity contribution in [1.82, 2.24) is 10.2 Å². The van der Waals surface area contributed by atoms with E-state index in [0.717, 1.165) is 41.6 Å². The molecule has 2 amide bonds. The van der Waals surface area contributed by atoms with E-state index in [2.05, 4.69) is 5.32 Å². The SMILES string of the molecule is CNC(=O)C1c2cc(-c3ccc(C(=O)N4CCC[C@@H]4COC)cc3)ccc2OC1c1ccc(F)cc1. The number of likely N-dealkylation sites (N-methyl/N-ethyl adjacent to an activating group) is 1. The molecule has 2 unspecified atom stereocenters. The van der Waals surface area contributed by atoms with E-state index in [1.165, 1.54) is 12.1 Å². The number of ether oxygens (including phenoxy) is 2. The highest BCUT2D eigenvalue weighted by Crippen LogP contribution is 2.47. The second kappa shape index (κ2) is 10.1. The van der Waals surface area contributed by atoms with Gasteiger partial charge < -0.3 is 19.7 Å². The Balaban J connectivity index is 1.41. The van der Waals surface area contributed by atoms with E-state index in [0.29, 0.717) is 17.9 Å². The van der Waals surface area contributed by atoms with E-state index < -0.39 is 12.0 Å². The molecule has 186 valence electrons. The number of likely N-dealkylation sites (tertiary alicyclic amines) is 1. The average Bonchev–Trinajstić information content (AvgIpc) is 3.53. The molecule has 0 aromatic heterocycles. The summed E-state index contributed by atoms with van der Waals surface area (Å²) in [7, 11) is 3.26. The lowest BCUT2D eigenvalue weighted by Gasteiger charge is -2.24. The highest BCUT2D eigenvalue weighted by Gasteiger charge is 2.40. The molecule has 0 radical (unpaired) electrons. The summed E-state index contributed by atoms with van der Waals surface area (Å²) in [6.07, 6.45) is 1.40.